The second kappa shape index (κ2) is 18.1. The van der Waals surface area contributed by atoms with Crippen LogP contribution in [0.3, 0.4) is 0 Å². The number of unbranched alkanes of at least 4 members (excludes halogenated alkanes) is 13. The number of hydrogen-bond donors (Lipinski definition) is 1. The van der Waals surface area contributed by atoms with Crippen molar-refractivity contribution in [2.75, 3.05) is 19.5 Å². The minimum absolute atomic E-state index is 0.202. The van der Waals surface area contributed by atoms with Gasteiger partial charge in [0.05, 0.1) is 19.4 Å². The number of anilines is 1. The summed E-state index contributed by atoms with van der Waals surface area (Å²) in [4.78, 5) is 11.2. The standard InChI is InChI=1S/C26H45NO3/c1-3-4-5-6-7-8-9-10-11-12-13-14-15-16-21-30-25-19-17-23(22-24(25)27)18-20-26(28)29-2/h17,19,22H,3-16,18,20-21,27H2,1-2H3. The van der Waals surface area contributed by atoms with E-state index in [1.54, 1.807) is 0 Å². The minimum Gasteiger partial charge on any atom is -0.491 e. The number of rotatable bonds is 19. The second-order valence-electron chi connectivity index (χ2n) is 8.39. The molecule has 0 aliphatic rings. The predicted molar refractivity (Wildman–Crippen MR) is 127 cm³/mol. The summed E-state index contributed by atoms with van der Waals surface area (Å²) in [5.74, 6) is 0.540. The van der Waals surface area contributed by atoms with Crippen LogP contribution in [0, 0.1) is 0 Å². The van der Waals surface area contributed by atoms with Crippen LogP contribution >= 0.6 is 0 Å². The van der Waals surface area contributed by atoms with Gasteiger partial charge in [0.15, 0.2) is 0 Å². The average Bonchev–Trinajstić information content (AvgIpc) is 2.75. The Bertz CT molecular complexity index is 559. The Morgan fingerprint density at radius 1 is 0.833 bits per heavy atom. The molecule has 0 atom stereocenters. The maximum atomic E-state index is 11.2. The third kappa shape index (κ3) is 13.5. The number of nitrogens with two attached hydrogens (primary N) is 1. The van der Waals surface area contributed by atoms with E-state index in [1.807, 2.05) is 18.2 Å². The highest BCUT2D eigenvalue weighted by atomic mass is 16.5. The molecule has 1 rings (SSSR count). The molecule has 1 aromatic rings. The van der Waals surface area contributed by atoms with Crippen LogP contribution in [-0.4, -0.2) is 19.7 Å². The molecule has 1 aromatic carbocycles. The summed E-state index contributed by atoms with van der Waals surface area (Å²) in [6.07, 6.45) is 20.0. The molecule has 172 valence electrons. The number of benzene rings is 1. The molecule has 0 heterocycles. The lowest BCUT2D eigenvalue weighted by atomic mass is 10.0. The van der Waals surface area contributed by atoms with Crippen molar-refractivity contribution in [2.24, 2.45) is 0 Å². The van der Waals surface area contributed by atoms with Crippen LogP contribution < -0.4 is 10.5 Å². The molecule has 0 spiro atoms. The van der Waals surface area contributed by atoms with Crippen LogP contribution in [0.4, 0.5) is 5.69 Å². The lowest BCUT2D eigenvalue weighted by Crippen LogP contribution is -2.03. The number of carbonyl (C=O) groups is 1. The van der Waals surface area contributed by atoms with Gasteiger partial charge in [-0.2, -0.15) is 0 Å². The zero-order chi connectivity index (χ0) is 21.9. The van der Waals surface area contributed by atoms with Crippen LogP contribution in [0.1, 0.15) is 109 Å². The van der Waals surface area contributed by atoms with Gasteiger partial charge in [-0.15, -0.1) is 0 Å². The fourth-order valence-electron chi connectivity index (χ4n) is 3.71. The Labute approximate surface area is 184 Å². The van der Waals surface area contributed by atoms with E-state index in [1.165, 1.54) is 90.6 Å². The summed E-state index contributed by atoms with van der Waals surface area (Å²) >= 11 is 0. The number of carbonyl (C=O) groups excluding carboxylic acids is 1. The van der Waals surface area contributed by atoms with E-state index in [2.05, 4.69) is 11.7 Å². The van der Waals surface area contributed by atoms with E-state index in [4.69, 9.17) is 10.5 Å². The second-order valence-corrected chi connectivity index (χ2v) is 8.39. The number of nitrogen functional groups attached to an aromatic ring is 1. The van der Waals surface area contributed by atoms with Crippen molar-refractivity contribution in [3.8, 4) is 5.75 Å². The fraction of sp³-hybridized carbons (Fsp3) is 0.731. The highest BCUT2D eigenvalue weighted by Gasteiger charge is 2.05. The molecule has 0 bridgehead atoms. The number of esters is 1. The van der Waals surface area contributed by atoms with Gasteiger partial charge in [-0.1, -0.05) is 96.5 Å². The van der Waals surface area contributed by atoms with E-state index in [0.717, 1.165) is 17.7 Å². The van der Waals surface area contributed by atoms with Crippen LogP contribution in [0.25, 0.3) is 0 Å². The van der Waals surface area contributed by atoms with E-state index >= 15 is 0 Å². The van der Waals surface area contributed by atoms with E-state index in [-0.39, 0.29) is 5.97 Å². The molecule has 0 amide bonds. The quantitative estimate of drug-likeness (QED) is 0.146. The van der Waals surface area contributed by atoms with Crippen molar-refractivity contribution in [1.29, 1.82) is 0 Å². The molecule has 0 aromatic heterocycles. The lowest BCUT2D eigenvalue weighted by molar-refractivity contribution is -0.140. The van der Waals surface area contributed by atoms with E-state index in [0.29, 0.717) is 25.1 Å². The first kappa shape index (κ1) is 26.3. The van der Waals surface area contributed by atoms with Crippen LogP contribution in [-0.2, 0) is 16.0 Å². The van der Waals surface area contributed by atoms with E-state index in [9.17, 15) is 4.79 Å². The summed E-state index contributed by atoms with van der Waals surface area (Å²) in [6, 6.07) is 5.77. The van der Waals surface area contributed by atoms with Gasteiger partial charge >= 0.3 is 5.97 Å². The largest absolute Gasteiger partial charge is 0.491 e. The molecule has 0 fully saturated rings. The highest BCUT2D eigenvalue weighted by molar-refractivity contribution is 5.69. The van der Waals surface area contributed by atoms with Crippen molar-refractivity contribution >= 4 is 11.7 Å². The first-order valence-corrected chi connectivity index (χ1v) is 12.3. The average molecular weight is 420 g/mol. The Balaban J connectivity index is 1.96. The number of hydrogen-bond acceptors (Lipinski definition) is 4. The van der Waals surface area contributed by atoms with Gasteiger partial charge in [0.25, 0.3) is 0 Å². The fourth-order valence-corrected chi connectivity index (χ4v) is 3.71. The topological polar surface area (TPSA) is 61.5 Å². The van der Waals surface area contributed by atoms with Crippen LogP contribution in [0.5, 0.6) is 5.75 Å². The van der Waals surface area contributed by atoms with Crippen molar-refractivity contribution in [1.82, 2.24) is 0 Å². The predicted octanol–water partition coefficient (Wildman–Crippen LogP) is 7.23. The SMILES string of the molecule is CCCCCCCCCCCCCCCCOc1ccc(CCC(=O)OC)cc1N. The highest BCUT2D eigenvalue weighted by Crippen LogP contribution is 2.23. The molecule has 4 heteroatoms. The summed E-state index contributed by atoms with van der Waals surface area (Å²) < 4.78 is 10.5. The van der Waals surface area contributed by atoms with Gasteiger partial charge in [0.1, 0.15) is 5.75 Å². The molecule has 0 saturated heterocycles. The Morgan fingerprint density at radius 2 is 1.37 bits per heavy atom. The summed E-state index contributed by atoms with van der Waals surface area (Å²) in [5, 5.41) is 0. The number of methoxy groups -OCH3 is 1. The van der Waals surface area contributed by atoms with Crippen LogP contribution in [0.15, 0.2) is 18.2 Å². The molecule has 0 radical (unpaired) electrons. The third-order valence-corrected chi connectivity index (χ3v) is 5.68. The van der Waals surface area contributed by atoms with Crippen LogP contribution in [0.2, 0.25) is 0 Å². The summed E-state index contributed by atoms with van der Waals surface area (Å²) in [7, 11) is 1.41. The van der Waals surface area contributed by atoms with Crippen molar-refractivity contribution < 1.29 is 14.3 Å². The number of ether oxygens (including phenoxy) is 2. The maximum absolute atomic E-state index is 11.2. The van der Waals surface area contributed by atoms with Crippen molar-refractivity contribution in [2.45, 2.75) is 110 Å². The zero-order valence-electron chi connectivity index (χ0n) is 19.6. The Hall–Kier alpha value is -1.71. The van der Waals surface area contributed by atoms with Gasteiger partial charge in [-0.05, 0) is 30.5 Å². The van der Waals surface area contributed by atoms with Gasteiger partial charge in [-0.3, -0.25) is 4.79 Å². The van der Waals surface area contributed by atoms with Gasteiger partial charge < -0.3 is 15.2 Å². The van der Waals surface area contributed by atoms with E-state index < -0.39 is 0 Å². The zero-order valence-corrected chi connectivity index (χ0v) is 19.6. The van der Waals surface area contributed by atoms with Gasteiger partial charge in [-0.25, -0.2) is 0 Å². The van der Waals surface area contributed by atoms with Gasteiger partial charge in [0, 0.05) is 6.42 Å². The molecule has 0 saturated carbocycles. The lowest BCUT2D eigenvalue weighted by Gasteiger charge is -2.10. The summed E-state index contributed by atoms with van der Waals surface area (Å²) in [6.45, 7) is 2.99. The first-order valence-electron chi connectivity index (χ1n) is 12.3. The molecular formula is C26H45NO3. The summed E-state index contributed by atoms with van der Waals surface area (Å²) in [5.41, 5.74) is 7.75. The molecule has 0 unspecified atom stereocenters. The maximum Gasteiger partial charge on any atom is 0.305 e. The first-order chi connectivity index (χ1) is 14.7. The Kier molecular flexibility index (Phi) is 15.9. The number of aryl methyl sites for hydroxylation is 1. The smallest absolute Gasteiger partial charge is 0.305 e. The third-order valence-electron chi connectivity index (χ3n) is 5.68. The molecular weight excluding hydrogens is 374 g/mol. The monoisotopic (exact) mass is 419 g/mol. The molecule has 0 aliphatic heterocycles. The molecule has 4 nitrogen and oxygen atoms in total. The Morgan fingerprint density at radius 3 is 1.87 bits per heavy atom. The van der Waals surface area contributed by atoms with Crippen molar-refractivity contribution in [3.05, 3.63) is 23.8 Å². The van der Waals surface area contributed by atoms with Crippen molar-refractivity contribution in [3.63, 3.8) is 0 Å². The molecule has 0 aliphatic carbocycles. The molecule has 2 N–H and O–H groups in total. The van der Waals surface area contributed by atoms with Gasteiger partial charge in [0.2, 0.25) is 0 Å². The minimum atomic E-state index is -0.202. The molecule has 30 heavy (non-hydrogen) atoms. The normalized spacial score (nSPS) is 10.9.